The van der Waals surface area contributed by atoms with Crippen LogP contribution in [0, 0.1) is 0 Å². The number of unbranched alkanes of at least 4 members (excludes halogenated alkanes) is 1. The van der Waals surface area contributed by atoms with Crippen molar-refractivity contribution in [1.82, 2.24) is 10.2 Å². The van der Waals surface area contributed by atoms with Gasteiger partial charge in [-0.05, 0) is 43.7 Å². The van der Waals surface area contributed by atoms with Crippen molar-refractivity contribution < 1.29 is 9.53 Å². The first kappa shape index (κ1) is 21.8. The predicted octanol–water partition coefficient (Wildman–Crippen LogP) is 4.33. The van der Waals surface area contributed by atoms with Gasteiger partial charge in [-0.1, -0.05) is 41.4 Å². The highest BCUT2D eigenvalue weighted by atomic mass is 35.5. The van der Waals surface area contributed by atoms with Crippen molar-refractivity contribution in [3.63, 3.8) is 0 Å². The molecule has 0 radical (unpaired) electrons. The summed E-state index contributed by atoms with van der Waals surface area (Å²) in [5.41, 5.74) is 1.59. The molecule has 29 heavy (non-hydrogen) atoms. The monoisotopic (exact) mass is 435 g/mol. The van der Waals surface area contributed by atoms with Gasteiger partial charge in [0.25, 0.3) is 5.91 Å². The van der Waals surface area contributed by atoms with Crippen molar-refractivity contribution in [3.8, 4) is 5.75 Å². The number of nitrogens with one attached hydrogen (secondary N) is 1. The summed E-state index contributed by atoms with van der Waals surface area (Å²) in [7, 11) is 1.62. The van der Waals surface area contributed by atoms with Gasteiger partial charge in [0.15, 0.2) is 0 Å². The van der Waals surface area contributed by atoms with E-state index in [1.165, 1.54) is 0 Å². The molecule has 0 bridgehead atoms. The first-order valence-corrected chi connectivity index (χ1v) is 10.7. The predicted molar refractivity (Wildman–Crippen MR) is 120 cm³/mol. The number of nitrogens with zero attached hydrogens (tertiary/aromatic N) is 2. The minimum atomic E-state index is -0.127. The average molecular weight is 436 g/mol. The van der Waals surface area contributed by atoms with E-state index in [1.807, 2.05) is 36.4 Å². The van der Waals surface area contributed by atoms with Gasteiger partial charge in [-0.2, -0.15) is 0 Å². The summed E-state index contributed by atoms with van der Waals surface area (Å²) >= 11 is 12.5. The lowest BCUT2D eigenvalue weighted by atomic mass is 10.2. The number of para-hydroxylation sites is 1. The zero-order chi connectivity index (χ0) is 20.6. The van der Waals surface area contributed by atoms with Crippen molar-refractivity contribution in [2.75, 3.05) is 51.3 Å². The highest BCUT2D eigenvalue weighted by Crippen LogP contribution is 2.32. The summed E-state index contributed by atoms with van der Waals surface area (Å²) < 4.78 is 5.83. The van der Waals surface area contributed by atoms with Crippen molar-refractivity contribution in [2.45, 2.75) is 12.8 Å². The molecule has 2 aromatic rings. The molecule has 156 valence electrons. The topological polar surface area (TPSA) is 44.8 Å². The maximum Gasteiger partial charge on any atom is 0.254 e. The van der Waals surface area contributed by atoms with Crippen molar-refractivity contribution >= 4 is 34.8 Å². The fourth-order valence-corrected chi connectivity index (χ4v) is 3.90. The molecule has 3 rings (SSSR count). The standard InChI is InChI=1S/C22H27Cl2N3O2/c1-25-22(28)17-7-2-3-10-20(17)29-16-5-4-11-26-12-14-27(15-13-26)19-9-6-8-18(23)21(19)24/h2-3,6-10H,4-5,11-16H2,1H3,(H,25,28). The van der Waals surface area contributed by atoms with Crippen molar-refractivity contribution in [3.05, 3.63) is 58.1 Å². The molecule has 0 aromatic heterocycles. The van der Waals surface area contributed by atoms with Crippen LogP contribution in [0.4, 0.5) is 5.69 Å². The minimum absolute atomic E-state index is 0.127. The number of anilines is 1. The molecular weight excluding hydrogens is 409 g/mol. The van der Waals surface area contributed by atoms with Gasteiger partial charge in [-0.15, -0.1) is 0 Å². The van der Waals surface area contributed by atoms with E-state index in [1.54, 1.807) is 13.1 Å². The number of ether oxygens (including phenoxy) is 1. The van der Waals surface area contributed by atoms with E-state index in [4.69, 9.17) is 27.9 Å². The fraction of sp³-hybridized carbons (Fsp3) is 0.409. The van der Waals surface area contributed by atoms with Gasteiger partial charge < -0.3 is 15.0 Å². The Morgan fingerprint density at radius 3 is 2.55 bits per heavy atom. The van der Waals surface area contributed by atoms with Crippen LogP contribution in [0.1, 0.15) is 23.2 Å². The van der Waals surface area contributed by atoms with Crippen LogP contribution in [0.2, 0.25) is 10.0 Å². The number of amides is 1. The number of benzene rings is 2. The quantitative estimate of drug-likeness (QED) is 0.626. The minimum Gasteiger partial charge on any atom is -0.493 e. The third-order valence-electron chi connectivity index (χ3n) is 5.13. The number of hydrogen-bond acceptors (Lipinski definition) is 4. The van der Waals surface area contributed by atoms with Gasteiger partial charge in [0.1, 0.15) is 5.75 Å². The average Bonchev–Trinajstić information content (AvgIpc) is 2.76. The fourth-order valence-electron chi connectivity index (χ4n) is 3.48. The zero-order valence-corrected chi connectivity index (χ0v) is 18.2. The molecule has 1 aliphatic heterocycles. The molecule has 0 spiro atoms. The first-order chi connectivity index (χ1) is 14.1. The summed E-state index contributed by atoms with van der Waals surface area (Å²) in [6, 6.07) is 13.1. The molecule has 1 aliphatic rings. The molecule has 1 amide bonds. The van der Waals surface area contributed by atoms with Crippen LogP contribution in [0.3, 0.4) is 0 Å². The van der Waals surface area contributed by atoms with E-state index in [0.717, 1.165) is 51.3 Å². The number of carbonyl (C=O) groups is 1. The lowest BCUT2D eigenvalue weighted by molar-refractivity contribution is 0.0959. The van der Waals surface area contributed by atoms with Crippen LogP contribution in [0.15, 0.2) is 42.5 Å². The van der Waals surface area contributed by atoms with Crippen LogP contribution < -0.4 is 15.0 Å². The molecular formula is C22H27Cl2N3O2. The highest BCUT2D eigenvalue weighted by Gasteiger charge is 2.19. The lowest BCUT2D eigenvalue weighted by Crippen LogP contribution is -2.46. The van der Waals surface area contributed by atoms with Gasteiger partial charge in [-0.3, -0.25) is 9.69 Å². The maximum atomic E-state index is 11.9. The largest absolute Gasteiger partial charge is 0.493 e. The summed E-state index contributed by atoms with van der Waals surface area (Å²) in [5, 5.41) is 3.88. The number of rotatable bonds is 8. The second kappa shape index (κ2) is 10.7. The maximum absolute atomic E-state index is 11.9. The van der Waals surface area contributed by atoms with Crippen LogP contribution in [0.5, 0.6) is 5.75 Å². The molecule has 7 heteroatoms. The van der Waals surface area contributed by atoms with E-state index in [2.05, 4.69) is 15.1 Å². The van der Waals surface area contributed by atoms with E-state index < -0.39 is 0 Å². The van der Waals surface area contributed by atoms with Gasteiger partial charge in [0, 0.05) is 33.2 Å². The second-order valence-electron chi connectivity index (χ2n) is 7.03. The van der Waals surface area contributed by atoms with Crippen LogP contribution in [-0.4, -0.2) is 57.2 Å². The molecule has 0 aliphatic carbocycles. The Labute approximate surface area is 182 Å². The van der Waals surface area contributed by atoms with E-state index in [-0.39, 0.29) is 5.91 Å². The Kier molecular flexibility index (Phi) is 8.04. The number of piperazine rings is 1. The van der Waals surface area contributed by atoms with E-state index in [0.29, 0.717) is 28.0 Å². The molecule has 0 atom stereocenters. The number of halogens is 2. The lowest BCUT2D eigenvalue weighted by Gasteiger charge is -2.36. The zero-order valence-electron chi connectivity index (χ0n) is 16.7. The van der Waals surface area contributed by atoms with E-state index in [9.17, 15) is 4.79 Å². The Hall–Kier alpha value is -1.95. The highest BCUT2D eigenvalue weighted by molar-refractivity contribution is 6.43. The summed E-state index contributed by atoms with van der Waals surface area (Å²) in [6.45, 7) is 5.53. The first-order valence-electron chi connectivity index (χ1n) is 9.95. The summed E-state index contributed by atoms with van der Waals surface area (Å²) in [6.07, 6.45) is 2.00. The molecule has 1 saturated heterocycles. The summed E-state index contributed by atoms with van der Waals surface area (Å²) in [4.78, 5) is 16.6. The van der Waals surface area contributed by atoms with Gasteiger partial charge >= 0.3 is 0 Å². The molecule has 1 heterocycles. The summed E-state index contributed by atoms with van der Waals surface area (Å²) in [5.74, 6) is 0.511. The third-order valence-corrected chi connectivity index (χ3v) is 5.94. The third kappa shape index (κ3) is 5.78. The van der Waals surface area contributed by atoms with Gasteiger partial charge in [0.05, 0.1) is 27.9 Å². The van der Waals surface area contributed by atoms with Gasteiger partial charge in [-0.25, -0.2) is 0 Å². The SMILES string of the molecule is CNC(=O)c1ccccc1OCCCCN1CCN(c2cccc(Cl)c2Cl)CC1. The van der Waals surface area contributed by atoms with Crippen LogP contribution >= 0.6 is 23.2 Å². The molecule has 1 fully saturated rings. The Bertz CT molecular complexity index is 823. The molecule has 0 saturated carbocycles. The molecule has 0 unspecified atom stereocenters. The Balaban J connectivity index is 1.38. The number of hydrogen-bond donors (Lipinski definition) is 1. The number of carbonyl (C=O) groups excluding carboxylic acids is 1. The van der Waals surface area contributed by atoms with Crippen LogP contribution in [0.25, 0.3) is 0 Å². The van der Waals surface area contributed by atoms with Crippen LogP contribution in [-0.2, 0) is 0 Å². The Morgan fingerprint density at radius 2 is 1.79 bits per heavy atom. The van der Waals surface area contributed by atoms with Gasteiger partial charge in [0.2, 0.25) is 0 Å². The molecule has 1 N–H and O–H groups in total. The van der Waals surface area contributed by atoms with Crippen molar-refractivity contribution in [2.24, 2.45) is 0 Å². The van der Waals surface area contributed by atoms with Crippen molar-refractivity contribution in [1.29, 1.82) is 0 Å². The van der Waals surface area contributed by atoms with E-state index >= 15 is 0 Å². The molecule has 2 aromatic carbocycles. The smallest absolute Gasteiger partial charge is 0.254 e. The second-order valence-corrected chi connectivity index (χ2v) is 7.82. The molecule has 5 nitrogen and oxygen atoms in total. The normalized spacial score (nSPS) is 14.7. The Morgan fingerprint density at radius 1 is 1.03 bits per heavy atom.